The van der Waals surface area contributed by atoms with Gasteiger partial charge in [0, 0.05) is 11.1 Å². The first-order chi connectivity index (χ1) is 9.60. The fourth-order valence-corrected chi connectivity index (χ4v) is 3.53. The normalized spacial score (nSPS) is 21.4. The molecule has 2 N–H and O–H groups in total. The molecular formula is C17H26N2O. The third kappa shape index (κ3) is 2.33. The summed E-state index contributed by atoms with van der Waals surface area (Å²) in [7, 11) is 0. The summed E-state index contributed by atoms with van der Waals surface area (Å²) in [6.45, 7) is 7.68. The van der Waals surface area contributed by atoms with E-state index in [1.807, 2.05) is 0 Å². The minimum absolute atomic E-state index is 0.00588. The lowest BCUT2D eigenvalue weighted by molar-refractivity contribution is 0.122. The second-order valence-corrected chi connectivity index (χ2v) is 6.61. The largest absolute Gasteiger partial charge is 0.493 e. The molecular weight excluding hydrogens is 248 g/mol. The Balaban J connectivity index is 1.91. The van der Waals surface area contributed by atoms with Gasteiger partial charge in [-0.3, -0.25) is 4.90 Å². The van der Waals surface area contributed by atoms with E-state index < -0.39 is 0 Å². The van der Waals surface area contributed by atoms with Crippen LogP contribution in [0.1, 0.15) is 50.3 Å². The van der Waals surface area contributed by atoms with Crippen LogP contribution in [0.4, 0.5) is 0 Å². The molecule has 1 atom stereocenters. The molecule has 0 aliphatic carbocycles. The van der Waals surface area contributed by atoms with E-state index in [9.17, 15) is 0 Å². The molecule has 20 heavy (non-hydrogen) atoms. The third-order valence-corrected chi connectivity index (χ3v) is 4.98. The zero-order chi connectivity index (χ0) is 14.2. The van der Waals surface area contributed by atoms with Crippen LogP contribution < -0.4 is 10.5 Å². The molecule has 3 rings (SSSR count). The number of rotatable bonds is 3. The molecule has 0 bridgehead atoms. The van der Waals surface area contributed by atoms with Crippen molar-refractivity contribution in [2.75, 3.05) is 19.7 Å². The van der Waals surface area contributed by atoms with Crippen molar-refractivity contribution in [3.05, 3.63) is 29.3 Å². The van der Waals surface area contributed by atoms with Gasteiger partial charge in [0.1, 0.15) is 5.75 Å². The van der Waals surface area contributed by atoms with Crippen molar-refractivity contribution in [2.45, 2.75) is 51.1 Å². The summed E-state index contributed by atoms with van der Waals surface area (Å²) < 4.78 is 5.94. The van der Waals surface area contributed by atoms with Crippen molar-refractivity contribution in [3.8, 4) is 5.75 Å². The van der Waals surface area contributed by atoms with Crippen LogP contribution in [0.25, 0.3) is 0 Å². The van der Waals surface area contributed by atoms with Gasteiger partial charge in [-0.05, 0) is 58.2 Å². The maximum Gasteiger partial charge on any atom is 0.127 e. The molecule has 0 spiro atoms. The number of hydrogen-bond acceptors (Lipinski definition) is 3. The molecule has 3 heteroatoms. The van der Waals surface area contributed by atoms with Gasteiger partial charge in [-0.15, -0.1) is 0 Å². The molecule has 1 aromatic carbocycles. The van der Waals surface area contributed by atoms with Crippen molar-refractivity contribution in [1.29, 1.82) is 0 Å². The Kier molecular flexibility index (Phi) is 3.74. The van der Waals surface area contributed by atoms with Crippen LogP contribution in [0.3, 0.4) is 0 Å². The zero-order valence-electron chi connectivity index (χ0n) is 12.7. The topological polar surface area (TPSA) is 38.5 Å². The molecule has 1 saturated heterocycles. The molecule has 3 nitrogen and oxygen atoms in total. The van der Waals surface area contributed by atoms with E-state index in [0.29, 0.717) is 0 Å². The number of nitrogens with zero attached hydrogens (tertiary/aromatic N) is 1. The molecule has 1 aromatic rings. The zero-order valence-corrected chi connectivity index (χ0v) is 12.7. The van der Waals surface area contributed by atoms with Crippen molar-refractivity contribution < 1.29 is 4.74 Å². The molecule has 110 valence electrons. The lowest BCUT2D eigenvalue weighted by atomic mass is 9.85. The lowest BCUT2D eigenvalue weighted by Crippen LogP contribution is -2.50. The first-order valence-corrected chi connectivity index (χ1v) is 7.86. The van der Waals surface area contributed by atoms with Gasteiger partial charge >= 0.3 is 0 Å². The summed E-state index contributed by atoms with van der Waals surface area (Å²) >= 11 is 0. The van der Waals surface area contributed by atoms with Gasteiger partial charge in [0.2, 0.25) is 0 Å². The number of aryl methyl sites for hydroxylation is 1. The molecule has 2 aliphatic heterocycles. The number of fused-ring (bicyclic) bond motifs is 1. The van der Waals surface area contributed by atoms with E-state index in [2.05, 4.69) is 36.9 Å². The van der Waals surface area contributed by atoms with E-state index >= 15 is 0 Å². The summed E-state index contributed by atoms with van der Waals surface area (Å²) in [6, 6.07) is 6.44. The second-order valence-electron chi connectivity index (χ2n) is 6.61. The number of para-hydroxylation sites is 1. The van der Waals surface area contributed by atoms with Crippen molar-refractivity contribution >= 4 is 0 Å². The van der Waals surface area contributed by atoms with Gasteiger partial charge in [0.25, 0.3) is 0 Å². The van der Waals surface area contributed by atoms with Crippen molar-refractivity contribution in [1.82, 2.24) is 4.90 Å². The van der Waals surface area contributed by atoms with E-state index in [1.54, 1.807) is 0 Å². The fourth-order valence-electron chi connectivity index (χ4n) is 3.53. The molecule has 1 fully saturated rings. The maximum absolute atomic E-state index is 6.66. The lowest BCUT2D eigenvalue weighted by Gasteiger charge is -2.41. The molecule has 0 saturated carbocycles. The maximum atomic E-state index is 6.66. The quantitative estimate of drug-likeness (QED) is 0.921. The Morgan fingerprint density at radius 1 is 1.20 bits per heavy atom. The van der Waals surface area contributed by atoms with Gasteiger partial charge in [-0.1, -0.05) is 18.2 Å². The standard InChI is InChI=1S/C17H26N2O/c1-17(2,19-10-3-4-11-19)16(18)14-9-5-7-13-8-6-12-20-15(13)14/h5,7,9,16H,3-4,6,8,10-12,18H2,1-2H3. The Labute approximate surface area is 122 Å². The van der Waals surface area contributed by atoms with Gasteiger partial charge in [0.15, 0.2) is 0 Å². The molecule has 0 aromatic heterocycles. The highest BCUT2D eigenvalue weighted by Crippen LogP contribution is 2.39. The molecule has 1 unspecified atom stereocenters. The smallest absolute Gasteiger partial charge is 0.127 e. The number of ether oxygens (including phenoxy) is 1. The second kappa shape index (κ2) is 5.38. The van der Waals surface area contributed by atoms with Crippen LogP contribution in [-0.4, -0.2) is 30.1 Å². The van der Waals surface area contributed by atoms with E-state index in [4.69, 9.17) is 10.5 Å². The Bertz CT molecular complexity index is 478. The average Bonchev–Trinajstić information content (AvgIpc) is 3.01. The monoisotopic (exact) mass is 274 g/mol. The predicted molar refractivity (Wildman–Crippen MR) is 82.1 cm³/mol. The molecule has 0 radical (unpaired) electrons. The number of nitrogens with two attached hydrogens (primary N) is 1. The average molecular weight is 274 g/mol. The molecule has 2 aliphatic rings. The van der Waals surface area contributed by atoms with Crippen LogP contribution in [0, 0.1) is 0 Å². The summed E-state index contributed by atoms with van der Waals surface area (Å²) in [6.07, 6.45) is 4.81. The SMILES string of the molecule is CC(C)(C(N)c1cccc2c1OCCC2)N1CCCC1. The first-order valence-electron chi connectivity index (χ1n) is 7.86. The van der Waals surface area contributed by atoms with Gasteiger partial charge in [-0.25, -0.2) is 0 Å². The summed E-state index contributed by atoms with van der Waals surface area (Å²) in [4.78, 5) is 2.53. The van der Waals surface area contributed by atoms with Crippen molar-refractivity contribution in [2.24, 2.45) is 5.73 Å². The summed E-state index contributed by atoms with van der Waals surface area (Å²) in [5.74, 6) is 1.05. The van der Waals surface area contributed by atoms with Crippen LogP contribution in [-0.2, 0) is 6.42 Å². The van der Waals surface area contributed by atoms with Gasteiger partial charge < -0.3 is 10.5 Å². The number of hydrogen-bond donors (Lipinski definition) is 1. The van der Waals surface area contributed by atoms with E-state index in [0.717, 1.165) is 38.3 Å². The highest BCUT2D eigenvalue weighted by Gasteiger charge is 2.37. The first kappa shape index (κ1) is 13.9. The van der Waals surface area contributed by atoms with Gasteiger partial charge in [0.05, 0.1) is 12.6 Å². The third-order valence-electron chi connectivity index (χ3n) is 4.98. The Morgan fingerprint density at radius 2 is 1.95 bits per heavy atom. The van der Waals surface area contributed by atoms with Crippen LogP contribution in [0.2, 0.25) is 0 Å². The highest BCUT2D eigenvalue weighted by molar-refractivity contribution is 5.45. The minimum atomic E-state index is -0.0214. The highest BCUT2D eigenvalue weighted by atomic mass is 16.5. The van der Waals surface area contributed by atoms with Gasteiger partial charge in [-0.2, -0.15) is 0 Å². The molecule has 0 amide bonds. The van der Waals surface area contributed by atoms with Crippen LogP contribution in [0.15, 0.2) is 18.2 Å². The van der Waals surface area contributed by atoms with E-state index in [-0.39, 0.29) is 11.6 Å². The fraction of sp³-hybridized carbons (Fsp3) is 0.647. The number of benzene rings is 1. The van der Waals surface area contributed by atoms with Crippen LogP contribution in [0.5, 0.6) is 5.75 Å². The molecule has 2 heterocycles. The summed E-state index contributed by atoms with van der Waals surface area (Å²) in [5.41, 5.74) is 9.13. The van der Waals surface area contributed by atoms with Crippen molar-refractivity contribution in [3.63, 3.8) is 0 Å². The summed E-state index contributed by atoms with van der Waals surface area (Å²) in [5, 5.41) is 0. The number of likely N-dealkylation sites (tertiary alicyclic amines) is 1. The predicted octanol–water partition coefficient (Wildman–Crippen LogP) is 2.89. The Morgan fingerprint density at radius 3 is 2.70 bits per heavy atom. The van der Waals surface area contributed by atoms with Crippen LogP contribution >= 0.6 is 0 Å². The Hall–Kier alpha value is -1.06. The minimum Gasteiger partial charge on any atom is -0.493 e. The van der Waals surface area contributed by atoms with E-state index in [1.165, 1.54) is 24.0 Å².